The van der Waals surface area contributed by atoms with Gasteiger partial charge in [0, 0.05) is 43.0 Å². The Balaban J connectivity index is 3.81. The van der Waals surface area contributed by atoms with E-state index in [9.17, 15) is 28.6 Å². The van der Waals surface area contributed by atoms with Crippen molar-refractivity contribution in [2.75, 3.05) is 0 Å². The SMILES string of the molecule is CC1=C(C)C(Br)([N+](=O)[O-])S(=O)(=O)C1(Br)[N+](=O)[O-]. The second kappa shape index (κ2) is 3.72. The number of hydrogen-bond acceptors (Lipinski definition) is 6. The van der Waals surface area contributed by atoms with E-state index in [2.05, 4.69) is 31.9 Å². The Morgan fingerprint density at radius 1 is 1.00 bits per heavy atom. The minimum atomic E-state index is -4.76. The first-order valence-corrected chi connectivity index (χ1v) is 7.12. The van der Waals surface area contributed by atoms with Crippen molar-refractivity contribution in [3.05, 3.63) is 31.4 Å². The zero-order valence-electron chi connectivity index (χ0n) is 8.51. The minimum Gasteiger partial charge on any atom is -0.262 e. The van der Waals surface area contributed by atoms with Crippen molar-refractivity contribution in [1.29, 1.82) is 0 Å². The Bertz CT molecular complexity index is 515. The molecule has 0 saturated carbocycles. The van der Waals surface area contributed by atoms with Gasteiger partial charge < -0.3 is 0 Å². The summed E-state index contributed by atoms with van der Waals surface area (Å²) >= 11 is 5.00. The molecule has 0 aliphatic carbocycles. The van der Waals surface area contributed by atoms with Gasteiger partial charge in [0.15, 0.2) is 0 Å². The van der Waals surface area contributed by atoms with Gasteiger partial charge in [0.05, 0.1) is 9.85 Å². The standard InChI is InChI=1S/C6H6Br2N2O6S/c1-3-4(2)6(8,10(13)14)17(15,16)5(3,7)9(11)12/h1-2H3. The van der Waals surface area contributed by atoms with E-state index >= 15 is 0 Å². The molecule has 2 unspecified atom stereocenters. The van der Waals surface area contributed by atoms with E-state index in [1.807, 2.05) is 0 Å². The molecule has 2 atom stereocenters. The Morgan fingerprint density at radius 2 is 1.24 bits per heavy atom. The smallest absolute Gasteiger partial charge is 0.262 e. The van der Waals surface area contributed by atoms with Crippen LogP contribution in [-0.4, -0.2) is 25.8 Å². The summed E-state index contributed by atoms with van der Waals surface area (Å²) in [5.74, 6) is 0. The molecule has 0 saturated heterocycles. The van der Waals surface area contributed by atoms with Crippen molar-refractivity contribution < 1.29 is 18.3 Å². The molecule has 0 bridgehead atoms. The van der Waals surface area contributed by atoms with Crippen LogP contribution in [0.3, 0.4) is 0 Å². The lowest BCUT2D eigenvalue weighted by molar-refractivity contribution is -0.507. The van der Waals surface area contributed by atoms with Crippen LogP contribution in [0.15, 0.2) is 11.1 Å². The number of alkyl halides is 2. The molecule has 0 aromatic heterocycles. The average Bonchev–Trinajstić information content (AvgIpc) is 2.31. The Labute approximate surface area is 113 Å². The Kier molecular flexibility index (Phi) is 3.17. The molecule has 1 aliphatic rings. The van der Waals surface area contributed by atoms with Gasteiger partial charge in [0.1, 0.15) is 0 Å². The van der Waals surface area contributed by atoms with Gasteiger partial charge in [-0.05, 0) is 13.8 Å². The second-order valence-corrected chi connectivity index (χ2v) is 8.92. The van der Waals surface area contributed by atoms with Crippen LogP contribution >= 0.6 is 31.9 Å². The highest BCUT2D eigenvalue weighted by Crippen LogP contribution is 2.54. The number of rotatable bonds is 2. The maximum Gasteiger partial charge on any atom is 0.401 e. The number of nitrogens with zero attached hydrogens (tertiary/aromatic N) is 2. The summed E-state index contributed by atoms with van der Waals surface area (Å²) < 4.78 is 18.7. The quantitative estimate of drug-likeness (QED) is 0.230. The molecule has 0 aromatic carbocycles. The highest BCUT2D eigenvalue weighted by Gasteiger charge is 2.77. The van der Waals surface area contributed by atoms with E-state index in [1.165, 1.54) is 0 Å². The van der Waals surface area contributed by atoms with Crippen LogP contribution in [-0.2, 0) is 9.84 Å². The minimum absolute atomic E-state index is 0.226. The summed E-state index contributed by atoms with van der Waals surface area (Å²) in [6, 6.07) is 0. The topological polar surface area (TPSA) is 120 Å². The molecule has 96 valence electrons. The number of hydrogen-bond donors (Lipinski definition) is 0. The fourth-order valence-corrected chi connectivity index (χ4v) is 6.03. The van der Waals surface area contributed by atoms with Gasteiger partial charge in [0.25, 0.3) is 0 Å². The molecule has 0 aromatic rings. The molecular formula is C6H6Br2N2O6S. The summed E-state index contributed by atoms with van der Waals surface area (Å²) in [5.41, 5.74) is -0.452. The zero-order chi connectivity index (χ0) is 13.8. The maximum atomic E-state index is 12.0. The largest absolute Gasteiger partial charge is 0.401 e. The summed E-state index contributed by atoms with van der Waals surface area (Å²) in [7, 11) is -4.76. The third-order valence-corrected chi connectivity index (χ3v) is 9.33. The average molecular weight is 394 g/mol. The third-order valence-electron chi connectivity index (χ3n) is 2.67. The van der Waals surface area contributed by atoms with Crippen LogP contribution in [0.4, 0.5) is 0 Å². The summed E-state index contributed by atoms with van der Waals surface area (Å²) in [4.78, 5) is 19.6. The van der Waals surface area contributed by atoms with Crippen molar-refractivity contribution in [3.63, 3.8) is 0 Å². The predicted octanol–water partition coefficient (Wildman–Crippen LogP) is 1.40. The van der Waals surface area contributed by atoms with Gasteiger partial charge in [-0.2, -0.15) is 0 Å². The van der Waals surface area contributed by atoms with Crippen LogP contribution in [0.2, 0.25) is 0 Å². The van der Waals surface area contributed by atoms with Crippen molar-refractivity contribution in [3.8, 4) is 0 Å². The normalized spacial score (nSPS) is 36.0. The number of sulfone groups is 1. The fourth-order valence-electron chi connectivity index (χ4n) is 1.51. The maximum absolute atomic E-state index is 12.0. The Morgan fingerprint density at radius 3 is 1.35 bits per heavy atom. The molecule has 17 heavy (non-hydrogen) atoms. The van der Waals surface area contributed by atoms with Crippen LogP contribution < -0.4 is 0 Å². The van der Waals surface area contributed by atoms with Gasteiger partial charge in [0.2, 0.25) is 0 Å². The summed E-state index contributed by atoms with van der Waals surface area (Å²) in [5, 5.41) is 21.8. The molecule has 0 fully saturated rings. The summed E-state index contributed by atoms with van der Waals surface area (Å²) in [6.07, 6.45) is 0. The van der Waals surface area contributed by atoms with E-state index < -0.39 is 27.2 Å². The first-order chi connectivity index (χ1) is 7.45. The van der Waals surface area contributed by atoms with E-state index in [1.54, 1.807) is 0 Å². The highest BCUT2D eigenvalue weighted by molar-refractivity contribution is 9.13. The number of halogens is 2. The van der Waals surface area contributed by atoms with Crippen molar-refractivity contribution in [2.45, 2.75) is 21.4 Å². The van der Waals surface area contributed by atoms with Gasteiger partial charge in [-0.1, -0.05) is 0 Å². The molecule has 0 amide bonds. The lowest BCUT2D eigenvalue weighted by Gasteiger charge is -2.17. The molecule has 8 nitrogen and oxygen atoms in total. The monoisotopic (exact) mass is 392 g/mol. The van der Waals surface area contributed by atoms with Crippen LogP contribution in [0.5, 0.6) is 0 Å². The molecule has 1 aliphatic heterocycles. The summed E-state index contributed by atoms with van der Waals surface area (Å²) in [6.45, 7) is 2.33. The number of nitro groups is 2. The molecule has 1 heterocycles. The van der Waals surface area contributed by atoms with Crippen LogP contribution in [0, 0.1) is 20.2 Å². The molecule has 1 rings (SSSR count). The van der Waals surface area contributed by atoms with Crippen molar-refractivity contribution in [1.82, 2.24) is 0 Å². The molecular weight excluding hydrogens is 388 g/mol. The van der Waals surface area contributed by atoms with Crippen LogP contribution in [0.25, 0.3) is 0 Å². The molecule has 0 radical (unpaired) electrons. The molecule has 0 spiro atoms. The first kappa shape index (κ1) is 14.5. The first-order valence-electron chi connectivity index (χ1n) is 4.05. The van der Waals surface area contributed by atoms with Crippen molar-refractivity contribution >= 4 is 41.7 Å². The van der Waals surface area contributed by atoms with E-state index in [0.29, 0.717) is 0 Å². The van der Waals surface area contributed by atoms with Crippen molar-refractivity contribution in [2.24, 2.45) is 0 Å². The zero-order valence-corrected chi connectivity index (χ0v) is 12.5. The fraction of sp³-hybridized carbons (Fsp3) is 0.667. The lowest BCUT2D eigenvalue weighted by Crippen LogP contribution is -2.48. The van der Waals surface area contributed by atoms with E-state index in [-0.39, 0.29) is 11.1 Å². The van der Waals surface area contributed by atoms with E-state index in [4.69, 9.17) is 0 Å². The van der Waals surface area contributed by atoms with Gasteiger partial charge >= 0.3 is 17.4 Å². The highest BCUT2D eigenvalue weighted by atomic mass is 79.9. The van der Waals surface area contributed by atoms with Gasteiger partial charge in [-0.25, -0.2) is 8.42 Å². The lowest BCUT2D eigenvalue weighted by atomic mass is 10.1. The second-order valence-electron chi connectivity index (χ2n) is 3.39. The van der Waals surface area contributed by atoms with Crippen LogP contribution in [0.1, 0.15) is 13.8 Å². The third kappa shape index (κ3) is 1.35. The van der Waals surface area contributed by atoms with E-state index in [0.717, 1.165) is 13.8 Å². The molecule has 11 heteroatoms. The molecule has 0 N–H and O–H groups in total. The Hall–Kier alpha value is -0.550. The predicted molar refractivity (Wildman–Crippen MR) is 64.6 cm³/mol. The van der Waals surface area contributed by atoms with Gasteiger partial charge in [-0.15, -0.1) is 0 Å². The van der Waals surface area contributed by atoms with Gasteiger partial charge in [-0.3, -0.25) is 20.2 Å².